The third kappa shape index (κ3) is 5.75. The molecule has 0 aromatic heterocycles. The second-order valence-corrected chi connectivity index (χ2v) is 4.99. The SMILES string of the molecule is CCNC(=NCC(=O)N(C)C)NCCC1(C)OCCO1. The van der Waals surface area contributed by atoms with Gasteiger partial charge in [0, 0.05) is 33.6 Å². The number of hydrogen-bond donors (Lipinski definition) is 2. The van der Waals surface area contributed by atoms with Gasteiger partial charge in [-0.05, 0) is 13.8 Å². The van der Waals surface area contributed by atoms with Crippen molar-refractivity contribution < 1.29 is 14.3 Å². The molecule has 1 rings (SSSR count). The molecule has 20 heavy (non-hydrogen) atoms. The van der Waals surface area contributed by atoms with E-state index in [1.165, 1.54) is 4.90 Å². The Labute approximate surface area is 120 Å². The molecule has 1 fully saturated rings. The second kappa shape index (κ2) is 8.06. The maximum atomic E-state index is 11.5. The van der Waals surface area contributed by atoms with Crippen LogP contribution in [0.25, 0.3) is 0 Å². The van der Waals surface area contributed by atoms with Crippen LogP contribution in [0.5, 0.6) is 0 Å². The predicted octanol–water partition coefficient (Wildman–Crippen LogP) is -0.217. The molecular weight excluding hydrogens is 260 g/mol. The number of nitrogens with zero attached hydrogens (tertiary/aromatic N) is 2. The zero-order valence-corrected chi connectivity index (χ0v) is 12.9. The van der Waals surface area contributed by atoms with Crippen LogP contribution in [-0.4, -0.2) is 69.5 Å². The second-order valence-electron chi connectivity index (χ2n) is 4.99. The van der Waals surface area contributed by atoms with Crippen LogP contribution >= 0.6 is 0 Å². The molecule has 1 amide bonds. The van der Waals surface area contributed by atoms with E-state index in [1.807, 2.05) is 13.8 Å². The fourth-order valence-electron chi connectivity index (χ4n) is 1.74. The molecule has 0 aromatic rings. The summed E-state index contributed by atoms with van der Waals surface area (Å²) in [5.74, 6) is 0.0879. The minimum atomic E-state index is -0.510. The Kier molecular flexibility index (Phi) is 6.74. The molecule has 0 radical (unpaired) electrons. The lowest BCUT2D eigenvalue weighted by Gasteiger charge is -2.22. The number of nitrogens with one attached hydrogen (secondary N) is 2. The molecule has 1 aliphatic rings. The summed E-state index contributed by atoms with van der Waals surface area (Å²) in [6, 6.07) is 0. The zero-order valence-electron chi connectivity index (χ0n) is 12.9. The number of likely N-dealkylation sites (N-methyl/N-ethyl adjacent to an activating group) is 1. The van der Waals surface area contributed by atoms with Crippen molar-refractivity contribution in [3.63, 3.8) is 0 Å². The molecule has 0 aliphatic carbocycles. The van der Waals surface area contributed by atoms with Crippen molar-refractivity contribution in [1.82, 2.24) is 15.5 Å². The highest BCUT2D eigenvalue weighted by molar-refractivity contribution is 5.84. The summed E-state index contributed by atoms with van der Waals surface area (Å²) in [5, 5.41) is 6.28. The van der Waals surface area contributed by atoms with Gasteiger partial charge in [-0.3, -0.25) is 4.79 Å². The summed E-state index contributed by atoms with van der Waals surface area (Å²) in [7, 11) is 3.43. The van der Waals surface area contributed by atoms with E-state index in [1.54, 1.807) is 14.1 Å². The van der Waals surface area contributed by atoms with Crippen molar-refractivity contribution in [1.29, 1.82) is 0 Å². The van der Waals surface area contributed by atoms with Crippen molar-refractivity contribution in [2.24, 2.45) is 4.99 Å². The van der Waals surface area contributed by atoms with Crippen molar-refractivity contribution in [2.45, 2.75) is 26.1 Å². The number of amides is 1. The Hall–Kier alpha value is -1.34. The van der Waals surface area contributed by atoms with Gasteiger partial charge in [0.2, 0.25) is 5.91 Å². The third-order valence-electron chi connectivity index (χ3n) is 2.99. The molecule has 1 aliphatic heterocycles. The molecule has 0 aromatic carbocycles. The van der Waals surface area contributed by atoms with Gasteiger partial charge in [-0.1, -0.05) is 0 Å². The van der Waals surface area contributed by atoms with E-state index in [9.17, 15) is 4.79 Å². The molecule has 0 bridgehead atoms. The molecule has 1 saturated heterocycles. The van der Waals surface area contributed by atoms with E-state index in [0.717, 1.165) is 13.0 Å². The van der Waals surface area contributed by atoms with Crippen molar-refractivity contribution >= 4 is 11.9 Å². The van der Waals surface area contributed by atoms with Crippen LogP contribution in [0, 0.1) is 0 Å². The first-order valence-corrected chi connectivity index (χ1v) is 6.97. The first kappa shape index (κ1) is 16.7. The normalized spacial score (nSPS) is 17.9. The van der Waals surface area contributed by atoms with Gasteiger partial charge in [0.05, 0.1) is 13.2 Å². The van der Waals surface area contributed by atoms with Crippen molar-refractivity contribution in [2.75, 3.05) is 46.9 Å². The number of rotatable bonds is 6. The van der Waals surface area contributed by atoms with Gasteiger partial charge in [-0.2, -0.15) is 0 Å². The van der Waals surface area contributed by atoms with Crippen LogP contribution in [0.1, 0.15) is 20.3 Å². The molecule has 116 valence electrons. The summed E-state index contributed by atoms with van der Waals surface area (Å²) in [6.45, 7) is 6.73. The van der Waals surface area contributed by atoms with Crippen LogP contribution < -0.4 is 10.6 Å². The van der Waals surface area contributed by atoms with Gasteiger partial charge in [0.15, 0.2) is 11.7 Å². The Bertz CT molecular complexity index is 339. The van der Waals surface area contributed by atoms with Crippen LogP contribution in [-0.2, 0) is 14.3 Å². The lowest BCUT2D eigenvalue weighted by atomic mass is 10.2. The maximum Gasteiger partial charge on any atom is 0.243 e. The molecule has 0 saturated carbocycles. The first-order valence-electron chi connectivity index (χ1n) is 6.97. The van der Waals surface area contributed by atoms with Gasteiger partial charge in [0.25, 0.3) is 0 Å². The molecule has 7 heteroatoms. The zero-order chi connectivity index (χ0) is 15.0. The van der Waals surface area contributed by atoms with Gasteiger partial charge in [0.1, 0.15) is 6.54 Å². The number of aliphatic imine (C=N–C) groups is 1. The molecule has 0 spiro atoms. The topological polar surface area (TPSA) is 75.2 Å². The Morgan fingerprint density at radius 1 is 1.30 bits per heavy atom. The number of carbonyl (C=O) groups is 1. The average Bonchev–Trinajstić information content (AvgIpc) is 2.82. The number of guanidine groups is 1. The van der Waals surface area contributed by atoms with E-state index in [4.69, 9.17) is 9.47 Å². The molecule has 0 unspecified atom stereocenters. The van der Waals surface area contributed by atoms with Crippen LogP contribution in [0.4, 0.5) is 0 Å². The fourth-order valence-corrected chi connectivity index (χ4v) is 1.74. The summed E-state index contributed by atoms with van der Waals surface area (Å²) >= 11 is 0. The van der Waals surface area contributed by atoms with Crippen LogP contribution in [0.2, 0.25) is 0 Å². The maximum absolute atomic E-state index is 11.5. The fraction of sp³-hybridized carbons (Fsp3) is 0.846. The van der Waals surface area contributed by atoms with E-state index in [-0.39, 0.29) is 12.5 Å². The van der Waals surface area contributed by atoms with Gasteiger partial charge >= 0.3 is 0 Å². The first-order chi connectivity index (χ1) is 9.47. The number of carbonyl (C=O) groups excluding carboxylic acids is 1. The van der Waals surface area contributed by atoms with E-state index in [0.29, 0.717) is 25.7 Å². The van der Waals surface area contributed by atoms with Crippen LogP contribution in [0.3, 0.4) is 0 Å². The van der Waals surface area contributed by atoms with Gasteiger partial charge in [-0.25, -0.2) is 4.99 Å². The molecule has 7 nitrogen and oxygen atoms in total. The standard InChI is InChI=1S/C13H26N4O3/c1-5-14-12(16-10-11(18)17(3)4)15-7-6-13(2)19-8-9-20-13/h5-10H2,1-4H3,(H2,14,15,16). The Balaban J connectivity index is 2.38. The van der Waals surface area contributed by atoms with Gasteiger partial charge < -0.3 is 25.0 Å². The monoisotopic (exact) mass is 286 g/mol. The highest BCUT2D eigenvalue weighted by Gasteiger charge is 2.30. The quantitative estimate of drug-likeness (QED) is 0.522. The lowest BCUT2D eigenvalue weighted by molar-refractivity contribution is -0.145. The van der Waals surface area contributed by atoms with E-state index in [2.05, 4.69) is 15.6 Å². The van der Waals surface area contributed by atoms with Crippen LogP contribution in [0.15, 0.2) is 4.99 Å². The highest BCUT2D eigenvalue weighted by atomic mass is 16.7. The highest BCUT2D eigenvalue weighted by Crippen LogP contribution is 2.21. The largest absolute Gasteiger partial charge is 0.357 e. The van der Waals surface area contributed by atoms with E-state index < -0.39 is 5.79 Å². The predicted molar refractivity (Wildman–Crippen MR) is 77.6 cm³/mol. The van der Waals surface area contributed by atoms with Crippen molar-refractivity contribution in [3.8, 4) is 0 Å². The van der Waals surface area contributed by atoms with Gasteiger partial charge in [-0.15, -0.1) is 0 Å². The average molecular weight is 286 g/mol. The molecular formula is C13H26N4O3. The minimum Gasteiger partial charge on any atom is -0.357 e. The minimum absolute atomic E-state index is 0.0309. The molecule has 1 heterocycles. The van der Waals surface area contributed by atoms with Crippen molar-refractivity contribution in [3.05, 3.63) is 0 Å². The summed E-state index contributed by atoms with van der Waals surface area (Å²) in [4.78, 5) is 17.3. The lowest BCUT2D eigenvalue weighted by Crippen LogP contribution is -2.41. The molecule has 2 N–H and O–H groups in total. The summed E-state index contributed by atoms with van der Waals surface area (Å²) in [6.07, 6.45) is 0.721. The van der Waals surface area contributed by atoms with E-state index >= 15 is 0 Å². The number of ether oxygens (including phenoxy) is 2. The molecule has 0 atom stereocenters. The summed E-state index contributed by atoms with van der Waals surface area (Å²) < 4.78 is 11.1. The number of hydrogen-bond acceptors (Lipinski definition) is 4. The Morgan fingerprint density at radius 2 is 1.95 bits per heavy atom. The smallest absolute Gasteiger partial charge is 0.243 e. The third-order valence-corrected chi connectivity index (χ3v) is 2.99. The summed E-state index contributed by atoms with van der Waals surface area (Å²) in [5.41, 5.74) is 0. The Morgan fingerprint density at radius 3 is 2.50 bits per heavy atom.